The van der Waals surface area contributed by atoms with Crippen molar-refractivity contribution in [2.45, 2.75) is 135 Å². The van der Waals surface area contributed by atoms with E-state index < -0.39 is 11.7 Å². The van der Waals surface area contributed by atoms with Crippen LogP contribution in [0.4, 0.5) is 0 Å². The van der Waals surface area contributed by atoms with E-state index in [0.717, 1.165) is 44.4 Å². The number of ether oxygens (including phenoxy) is 3. The minimum Gasteiger partial charge on any atom is -0.457 e. The van der Waals surface area contributed by atoms with Crippen molar-refractivity contribution < 1.29 is 24.1 Å². The molecule has 2 aliphatic heterocycles. The highest BCUT2D eigenvalue weighted by atomic mass is 16.6. The maximum atomic E-state index is 11.9. The molecule has 41 heavy (non-hydrogen) atoms. The molecule has 6 rings (SSSR count). The smallest absolute Gasteiger partial charge is 0.303 e. The Hall–Kier alpha value is -0.990. The third kappa shape index (κ3) is 4.75. The van der Waals surface area contributed by atoms with Crippen LogP contribution in [0.1, 0.15) is 99.3 Å². The van der Waals surface area contributed by atoms with Crippen LogP contribution in [0, 0.1) is 34.0 Å². The van der Waals surface area contributed by atoms with Crippen molar-refractivity contribution in [2.75, 3.05) is 26.7 Å². The summed E-state index contributed by atoms with van der Waals surface area (Å²) in [6, 6.07) is 0. The monoisotopic (exact) mass is 574 g/mol. The fourth-order valence-corrected chi connectivity index (χ4v) is 11.4. The normalized spacial score (nSPS) is 45.0. The molecule has 10 atom stereocenters. The van der Waals surface area contributed by atoms with Gasteiger partial charge in [0.15, 0.2) is 6.10 Å². The van der Waals surface area contributed by atoms with E-state index in [1.807, 2.05) is 7.05 Å². The quantitative estimate of drug-likeness (QED) is 0.242. The zero-order valence-corrected chi connectivity index (χ0v) is 27.0. The predicted molar refractivity (Wildman–Crippen MR) is 161 cm³/mol. The Labute approximate surface area is 249 Å². The third-order valence-corrected chi connectivity index (χ3v) is 13.0. The molecule has 7 nitrogen and oxygen atoms in total. The summed E-state index contributed by atoms with van der Waals surface area (Å²) in [7, 11) is 2.00. The molecule has 2 spiro atoms. The highest BCUT2D eigenvalue weighted by molar-refractivity contribution is 5.66. The Bertz CT molecular complexity index is 981. The molecular formula is C34H58N2O5. The van der Waals surface area contributed by atoms with Gasteiger partial charge in [0.05, 0.1) is 18.3 Å². The van der Waals surface area contributed by atoms with Gasteiger partial charge in [-0.15, -0.1) is 13.2 Å². The van der Waals surface area contributed by atoms with E-state index in [9.17, 15) is 9.90 Å². The van der Waals surface area contributed by atoms with Crippen molar-refractivity contribution in [3.63, 3.8) is 0 Å². The lowest BCUT2D eigenvalue weighted by molar-refractivity contribution is -0.218. The Balaban J connectivity index is 0.00000165. The van der Waals surface area contributed by atoms with E-state index in [2.05, 4.69) is 44.1 Å². The van der Waals surface area contributed by atoms with Gasteiger partial charge in [-0.2, -0.15) is 0 Å². The van der Waals surface area contributed by atoms with Crippen LogP contribution in [-0.4, -0.2) is 78.4 Å². The van der Waals surface area contributed by atoms with Crippen LogP contribution in [0.5, 0.6) is 0 Å². The molecule has 0 bridgehead atoms. The Morgan fingerprint density at radius 2 is 1.83 bits per heavy atom. The van der Waals surface area contributed by atoms with E-state index >= 15 is 0 Å². The molecule has 3 unspecified atom stereocenters. The summed E-state index contributed by atoms with van der Waals surface area (Å²) in [5.74, 6) is 1.83. The summed E-state index contributed by atoms with van der Waals surface area (Å²) in [6.45, 7) is 21.1. The average molecular weight is 575 g/mol. The van der Waals surface area contributed by atoms with Gasteiger partial charge in [-0.3, -0.25) is 9.69 Å². The molecule has 4 aliphatic carbocycles. The molecule has 0 radical (unpaired) electrons. The number of rotatable bonds is 7. The van der Waals surface area contributed by atoms with Crippen LogP contribution in [0.15, 0.2) is 13.2 Å². The van der Waals surface area contributed by atoms with Gasteiger partial charge >= 0.3 is 5.97 Å². The number of carbonyl (C=O) groups excluding carboxylic acids is 1. The molecular weight excluding hydrogens is 516 g/mol. The SMILES string of the molecule is C=C.CNCCO[C@H]1CCC23C[C@]24CC[C@@]2(C)C(C[C@H]5O[C@@H]([C@H](OC(C)=O)C(C)(C)O)CCN52)[C@@H]4CCC3C1(C)C. The van der Waals surface area contributed by atoms with E-state index in [-0.39, 0.29) is 29.3 Å². The lowest BCUT2D eigenvalue weighted by Gasteiger charge is -2.59. The number of hydrogen-bond donors (Lipinski definition) is 2. The van der Waals surface area contributed by atoms with Crippen molar-refractivity contribution in [3.8, 4) is 0 Å². The van der Waals surface area contributed by atoms with Gasteiger partial charge in [-0.1, -0.05) is 13.8 Å². The van der Waals surface area contributed by atoms with Crippen molar-refractivity contribution >= 4 is 5.97 Å². The maximum absolute atomic E-state index is 11.9. The van der Waals surface area contributed by atoms with E-state index in [1.165, 1.54) is 51.9 Å². The molecule has 0 aromatic heterocycles. The summed E-state index contributed by atoms with van der Waals surface area (Å²) in [5, 5.41) is 14.1. The summed E-state index contributed by atoms with van der Waals surface area (Å²) >= 11 is 0. The zero-order valence-electron chi connectivity index (χ0n) is 27.0. The van der Waals surface area contributed by atoms with Crippen LogP contribution in [0.25, 0.3) is 0 Å². The number of nitrogens with one attached hydrogen (secondary N) is 1. The van der Waals surface area contributed by atoms with Gasteiger partial charge in [0.25, 0.3) is 0 Å². The first-order valence-corrected chi connectivity index (χ1v) is 16.4. The van der Waals surface area contributed by atoms with Crippen molar-refractivity contribution in [1.82, 2.24) is 10.2 Å². The number of esters is 1. The minimum absolute atomic E-state index is 0.0504. The fraction of sp³-hybridized carbons (Fsp3) is 0.912. The summed E-state index contributed by atoms with van der Waals surface area (Å²) < 4.78 is 18.9. The fourth-order valence-electron chi connectivity index (χ4n) is 11.4. The molecule has 2 N–H and O–H groups in total. The van der Waals surface area contributed by atoms with Crippen molar-refractivity contribution in [1.29, 1.82) is 0 Å². The Morgan fingerprint density at radius 1 is 1.10 bits per heavy atom. The molecule has 7 heteroatoms. The van der Waals surface area contributed by atoms with Crippen LogP contribution in [-0.2, 0) is 19.0 Å². The summed E-state index contributed by atoms with van der Waals surface area (Å²) in [4.78, 5) is 14.5. The van der Waals surface area contributed by atoms with Gasteiger partial charge in [-0.25, -0.2) is 0 Å². The highest BCUT2D eigenvalue weighted by Gasteiger charge is 2.80. The molecule has 234 valence electrons. The molecule has 0 amide bonds. The van der Waals surface area contributed by atoms with Crippen LogP contribution < -0.4 is 5.32 Å². The second kappa shape index (κ2) is 10.9. The molecule has 2 heterocycles. The summed E-state index contributed by atoms with van der Waals surface area (Å²) in [5.41, 5.74) is 0.287. The lowest BCUT2D eigenvalue weighted by atomic mass is 9.47. The highest BCUT2D eigenvalue weighted by Crippen LogP contribution is 2.86. The number of hydrogen-bond acceptors (Lipinski definition) is 7. The second-order valence-electron chi connectivity index (χ2n) is 15.5. The predicted octanol–water partition coefficient (Wildman–Crippen LogP) is 5.31. The summed E-state index contributed by atoms with van der Waals surface area (Å²) in [6.07, 6.45) is 10.6. The first-order valence-electron chi connectivity index (χ1n) is 16.4. The van der Waals surface area contributed by atoms with E-state index in [0.29, 0.717) is 22.9 Å². The van der Waals surface area contributed by atoms with Crippen molar-refractivity contribution in [2.24, 2.45) is 34.0 Å². The molecule has 0 aromatic carbocycles. The van der Waals surface area contributed by atoms with E-state index in [4.69, 9.17) is 14.2 Å². The standard InChI is InChI=1S/C32H54N2O5.C2H4/c1-20(35)38-27(29(4,5)36)23-11-16-34-26(39-23)18-22-21-8-9-24-28(2,3)25(37-17-15-33-7)10-12-32(24)19-31(21,32)14-13-30(22,34)6;1-2/h21-27,33,36H,8-19H2,1-7H3;1-2H2/t21-,22?,23+,24?,25-,26+,27-,30-,31-,32?;/m0./s1. The topological polar surface area (TPSA) is 80.3 Å². The lowest BCUT2D eigenvalue weighted by Crippen LogP contribution is -2.60. The molecule has 2 saturated heterocycles. The molecule has 4 saturated carbocycles. The van der Waals surface area contributed by atoms with Crippen LogP contribution in [0.3, 0.4) is 0 Å². The number of likely N-dealkylation sites (N-methyl/N-ethyl adjacent to an activating group) is 1. The number of nitrogens with zero attached hydrogens (tertiary/aromatic N) is 1. The molecule has 0 aromatic rings. The van der Waals surface area contributed by atoms with Gasteiger partial charge in [0, 0.05) is 25.6 Å². The maximum Gasteiger partial charge on any atom is 0.303 e. The number of fused-ring (bicyclic) bond motifs is 4. The van der Waals surface area contributed by atoms with Crippen molar-refractivity contribution in [3.05, 3.63) is 13.2 Å². The minimum atomic E-state index is -1.14. The second-order valence-corrected chi connectivity index (χ2v) is 15.5. The molecule has 6 fully saturated rings. The number of carbonyl (C=O) groups is 1. The van der Waals surface area contributed by atoms with Gasteiger partial charge in [0.1, 0.15) is 12.3 Å². The van der Waals surface area contributed by atoms with Crippen LogP contribution >= 0.6 is 0 Å². The molecule has 6 aliphatic rings. The van der Waals surface area contributed by atoms with Gasteiger partial charge < -0.3 is 24.6 Å². The van der Waals surface area contributed by atoms with E-state index in [1.54, 1.807) is 13.8 Å². The first-order chi connectivity index (χ1) is 19.3. The Kier molecular flexibility index (Phi) is 8.33. The van der Waals surface area contributed by atoms with Gasteiger partial charge in [-0.05, 0) is 120 Å². The zero-order chi connectivity index (χ0) is 30.0. The van der Waals surface area contributed by atoms with Crippen LogP contribution in [0.2, 0.25) is 0 Å². The van der Waals surface area contributed by atoms with Gasteiger partial charge in [0.2, 0.25) is 0 Å². The largest absolute Gasteiger partial charge is 0.457 e. The number of aliphatic hydroxyl groups is 1. The third-order valence-electron chi connectivity index (χ3n) is 13.0. The average Bonchev–Trinajstić information content (AvgIpc) is 3.49. The Morgan fingerprint density at radius 3 is 2.49 bits per heavy atom. The first kappa shape index (κ1) is 31.4.